The zero-order valence-electron chi connectivity index (χ0n) is 11.2. The quantitative estimate of drug-likeness (QED) is 0.795. The van der Waals surface area contributed by atoms with Crippen molar-refractivity contribution < 1.29 is 0 Å². The summed E-state index contributed by atoms with van der Waals surface area (Å²) < 4.78 is 0.989. The van der Waals surface area contributed by atoms with Crippen molar-refractivity contribution in [1.29, 1.82) is 5.26 Å². The molecule has 0 aliphatic carbocycles. The van der Waals surface area contributed by atoms with E-state index in [9.17, 15) is 5.26 Å². The molecule has 1 heterocycles. The largest absolute Gasteiger partial charge is 0.371 e. The van der Waals surface area contributed by atoms with E-state index in [-0.39, 0.29) is 0 Å². The van der Waals surface area contributed by atoms with Crippen LogP contribution in [0.1, 0.15) is 5.56 Å². The van der Waals surface area contributed by atoms with Crippen molar-refractivity contribution in [3.05, 3.63) is 52.5 Å². The van der Waals surface area contributed by atoms with Crippen LogP contribution in [0.25, 0.3) is 0 Å². The van der Waals surface area contributed by atoms with Gasteiger partial charge < -0.3 is 9.80 Å². The molecule has 20 heavy (non-hydrogen) atoms. The predicted octanol–water partition coefficient (Wildman–Crippen LogP) is 3.91. The van der Waals surface area contributed by atoms with Crippen molar-refractivity contribution in [3.8, 4) is 6.07 Å². The number of nitriles is 1. The van der Waals surface area contributed by atoms with Crippen LogP contribution in [-0.2, 0) is 0 Å². The molecule has 0 bridgehead atoms. The average molecular weight is 328 g/mol. The van der Waals surface area contributed by atoms with Crippen molar-refractivity contribution in [2.45, 2.75) is 0 Å². The minimum atomic E-state index is 0.701. The van der Waals surface area contributed by atoms with Crippen LogP contribution in [0.4, 0.5) is 17.1 Å². The maximum absolute atomic E-state index is 9.34. The molecule has 0 radical (unpaired) electrons. The Morgan fingerprint density at radius 2 is 1.80 bits per heavy atom. The highest BCUT2D eigenvalue weighted by Gasteiger charge is 2.22. The van der Waals surface area contributed by atoms with Crippen LogP contribution in [0, 0.1) is 11.3 Å². The molecule has 0 aromatic heterocycles. The summed E-state index contributed by atoms with van der Waals surface area (Å²) in [7, 11) is 2.10. The van der Waals surface area contributed by atoms with Crippen LogP contribution in [0.2, 0.25) is 0 Å². The maximum Gasteiger partial charge on any atom is 0.101 e. The lowest BCUT2D eigenvalue weighted by molar-refractivity contribution is 0.821. The zero-order valence-corrected chi connectivity index (χ0v) is 12.8. The molecule has 1 aliphatic heterocycles. The molecule has 0 unspecified atom stereocenters. The fourth-order valence-corrected chi connectivity index (χ4v) is 2.93. The Morgan fingerprint density at radius 3 is 2.55 bits per heavy atom. The van der Waals surface area contributed by atoms with Crippen molar-refractivity contribution in [2.75, 3.05) is 29.9 Å². The summed E-state index contributed by atoms with van der Waals surface area (Å²) in [5.41, 5.74) is 4.01. The smallest absolute Gasteiger partial charge is 0.101 e. The number of anilines is 3. The van der Waals surface area contributed by atoms with Gasteiger partial charge in [-0.05, 0) is 30.3 Å². The Labute approximate surface area is 127 Å². The SMILES string of the molecule is CN1CCN(c2cc(Br)ccc2C#N)c2ccccc21. The van der Waals surface area contributed by atoms with Crippen LogP contribution in [0.5, 0.6) is 0 Å². The third-order valence-electron chi connectivity index (χ3n) is 3.61. The Hall–Kier alpha value is -1.99. The summed E-state index contributed by atoms with van der Waals surface area (Å²) in [6, 6.07) is 16.4. The molecule has 0 N–H and O–H groups in total. The number of benzene rings is 2. The van der Waals surface area contributed by atoms with Gasteiger partial charge in [0.05, 0.1) is 22.6 Å². The Kier molecular flexibility index (Phi) is 3.37. The first-order valence-corrected chi connectivity index (χ1v) is 7.27. The molecular weight excluding hydrogens is 314 g/mol. The first-order chi connectivity index (χ1) is 9.70. The summed E-state index contributed by atoms with van der Waals surface area (Å²) in [6.07, 6.45) is 0. The van der Waals surface area contributed by atoms with Gasteiger partial charge in [0, 0.05) is 24.6 Å². The fourth-order valence-electron chi connectivity index (χ4n) is 2.58. The summed E-state index contributed by atoms with van der Waals surface area (Å²) in [5.74, 6) is 0. The van der Waals surface area contributed by atoms with Gasteiger partial charge in [-0.15, -0.1) is 0 Å². The molecule has 0 amide bonds. The van der Waals surface area contributed by atoms with Crippen LogP contribution >= 0.6 is 15.9 Å². The summed E-state index contributed by atoms with van der Waals surface area (Å²) in [4.78, 5) is 4.47. The van der Waals surface area contributed by atoms with E-state index in [0.29, 0.717) is 5.56 Å². The molecule has 0 saturated heterocycles. The van der Waals surface area contributed by atoms with Gasteiger partial charge in [0.1, 0.15) is 6.07 Å². The second-order valence-corrected chi connectivity index (χ2v) is 5.75. The highest BCUT2D eigenvalue weighted by atomic mass is 79.9. The third-order valence-corrected chi connectivity index (χ3v) is 4.11. The zero-order chi connectivity index (χ0) is 14.1. The van der Waals surface area contributed by atoms with E-state index in [2.05, 4.69) is 51.0 Å². The first-order valence-electron chi connectivity index (χ1n) is 6.48. The molecule has 0 spiro atoms. The minimum Gasteiger partial charge on any atom is -0.371 e. The molecule has 0 saturated carbocycles. The Morgan fingerprint density at radius 1 is 1.05 bits per heavy atom. The molecular formula is C16H14BrN3. The molecule has 2 aromatic carbocycles. The average Bonchev–Trinajstić information content (AvgIpc) is 2.48. The van der Waals surface area contributed by atoms with Gasteiger partial charge >= 0.3 is 0 Å². The Bertz CT molecular complexity index is 690. The topological polar surface area (TPSA) is 30.3 Å². The maximum atomic E-state index is 9.34. The normalized spacial score (nSPS) is 13.8. The fraction of sp³-hybridized carbons (Fsp3) is 0.188. The van der Waals surface area contributed by atoms with E-state index in [4.69, 9.17) is 0 Å². The summed E-state index contributed by atoms with van der Waals surface area (Å²) in [5, 5.41) is 9.34. The van der Waals surface area contributed by atoms with Crippen LogP contribution in [-0.4, -0.2) is 20.1 Å². The molecule has 4 heteroatoms. The summed E-state index contributed by atoms with van der Waals surface area (Å²) in [6.45, 7) is 1.81. The van der Waals surface area contributed by atoms with Crippen LogP contribution in [0.3, 0.4) is 0 Å². The van der Waals surface area contributed by atoms with Gasteiger partial charge in [0.25, 0.3) is 0 Å². The van der Waals surface area contributed by atoms with E-state index in [0.717, 1.165) is 28.9 Å². The van der Waals surface area contributed by atoms with E-state index in [1.165, 1.54) is 5.69 Å². The van der Waals surface area contributed by atoms with Gasteiger partial charge in [-0.25, -0.2) is 0 Å². The highest BCUT2D eigenvalue weighted by molar-refractivity contribution is 9.10. The predicted molar refractivity (Wildman–Crippen MR) is 85.6 cm³/mol. The van der Waals surface area contributed by atoms with E-state index < -0.39 is 0 Å². The number of hydrogen-bond acceptors (Lipinski definition) is 3. The number of para-hydroxylation sites is 2. The lowest BCUT2D eigenvalue weighted by Crippen LogP contribution is -2.36. The van der Waals surface area contributed by atoms with E-state index >= 15 is 0 Å². The van der Waals surface area contributed by atoms with Crippen LogP contribution in [0.15, 0.2) is 46.9 Å². The molecule has 0 fully saturated rings. The number of fused-ring (bicyclic) bond motifs is 1. The number of halogens is 1. The molecule has 100 valence electrons. The minimum absolute atomic E-state index is 0.701. The van der Waals surface area contributed by atoms with Gasteiger partial charge in [-0.3, -0.25) is 0 Å². The molecule has 3 nitrogen and oxygen atoms in total. The van der Waals surface area contributed by atoms with Gasteiger partial charge in [-0.1, -0.05) is 28.1 Å². The van der Waals surface area contributed by atoms with Crippen molar-refractivity contribution in [2.24, 2.45) is 0 Å². The van der Waals surface area contributed by atoms with Crippen molar-refractivity contribution in [3.63, 3.8) is 0 Å². The number of hydrogen-bond donors (Lipinski definition) is 0. The van der Waals surface area contributed by atoms with Gasteiger partial charge in [0.2, 0.25) is 0 Å². The number of rotatable bonds is 1. The third kappa shape index (κ3) is 2.14. The molecule has 1 aliphatic rings. The standard InChI is InChI=1S/C16H14BrN3/c1-19-8-9-20(15-5-3-2-4-14(15)19)16-10-13(17)7-6-12(16)11-18/h2-7,10H,8-9H2,1H3. The molecule has 2 aromatic rings. The van der Waals surface area contributed by atoms with E-state index in [1.807, 2.05) is 30.3 Å². The highest BCUT2D eigenvalue weighted by Crippen LogP contribution is 2.38. The lowest BCUT2D eigenvalue weighted by Gasteiger charge is -2.37. The van der Waals surface area contributed by atoms with Gasteiger partial charge in [0.15, 0.2) is 0 Å². The molecule has 3 rings (SSSR count). The molecule has 0 atom stereocenters. The monoisotopic (exact) mass is 327 g/mol. The second-order valence-electron chi connectivity index (χ2n) is 4.84. The number of likely N-dealkylation sites (N-methyl/N-ethyl adjacent to an activating group) is 1. The van der Waals surface area contributed by atoms with Gasteiger partial charge in [-0.2, -0.15) is 5.26 Å². The van der Waals surface area contributed by atoms with Crippen molar-refractivity contribution >= 4 is 33.0 Å². The second kappa shape index (κ2) is 5.18. The Balaban J connectivity index is 2.15. The summed E-state index contributed by atoms with van der Waals surface area (Å²) >= 11 is 3.50. The van der Waals surface area contributed by atoms with E-state index in [1.54, 1.807) is 0 Å². The van der Waals surface area contributed by atoms with Crippen LogP contribution < -0.4 is 9.80 Å². The number of nitrogens with zero attached hydrogens (tertiary/aromatic N) is 3. The first kappa shape index (κ1) is 13.0. The lowest BCUT2D eigenvalue weighted by atomic mass is 10.1. The van der Waals surface area contributed by atoms with Crippen molar-refractivity contribution in [1.82, 2.24) is 0 Å².